The summed E-state index contributed by atoms with van der Waals surface area (Å²) in [5, 5.41) is 0.164. The monoisotopic (exact) mass is 356 g/mol. The minimum atomic E-state index is -4.91. The molecule has 0 amide bonds. The van der Waals surface area contributed by atoms with Crippen molar-refractivity contribution in [2.45, 2.75) is 12.8 Å². The van der Waals surface area contributed by atoms with Gasteiger partial charge in [-0.25, -0.2) is 0 Å². The van der Waals surface area contributed by atoms with Crippen LogP contribution in [0, 0.1) is 0 Å². The molecule has 0 N–H and O–H groups in total. The molecule has 0 bridgehead atoms. The summed E-state index contributed by atoms with van der Waals surface area (Å²) in [6.45, 7) is -3.38. The summed E-state index contributed by atoms with van der Waals surface area (Å²) in [4.78, 5) is 0. The van der Waals surface area contributed by atoms with E-state index in [4.69, 9.17) is 23.2 Å². The fourth-order valence-corrected chi connectivity index (χ4v) is 2.34. The second kappa shape index (κ2) is 6.30. The highest BCUT2D eigenvalue weighted by Crippen LogP contribution is 2.45. The van der Waals surface area contributed by atoms with Crippen LogP contribution >= 0.6 is 23.2 Å². The van der Waals surface area contributed by atoms with Gasteiger partial charge in [0.2, 0.25) is 0 Å². The molecule has 0 aliphatic rings. The molecule has 0 spiro atoms. The summed E-state index contributed by atoms with van der Waals surface area (Å²) < 4.78 is 68.5. The largest absolute Gasteiger partial charge is 0.434 e. The van der Waals surface area contributed by atoms with Crippen LogP contribution in [0.3, 0.4) is 0 Å². The molecular weight excluding hydrogens is 350 g/mol. The van der Waals surface area contributed by atoms with E-state index in [1.807, 2.05) is 0 Å². The highest BCUT2D eigenvalue weighted by molar-refractivity contribution is 6.35. The fourth-order valence-electron chi connectivity index (χ4n) is 1.95. The summed E-state index contributed by atoms with van der Waals surface area (Å²) in [6, 6.07) is 7.04. The van der Waals surface area contributed by atoms with E-state index in [0.29, 0.717) is 0 Å². The van der Waals surface area contributed by atoms with Gasteiger partial charge in [-0.2, -0.15) is 22.0 Å². The van der Waals surface area contributed by atoms with Crippen LogP contribution in [-0.4, -0.2) is 6.61 Å². The zero-order valence-corrected chi connectivity index (χ0v) is 12.1. The lowest BCUT2D eigenvalue weighted by Crippen LogP contribution is -2.13. The average Bonchev–Trinajstić information content (AvgIpc) is 2.39. The molecule has 0 aromatic heterocycles. The second-order valence-electron chi connectivity index (χ2n) is 4.18. The van der Waals surface area contributed by atoms with Crippen molar-refractivity contribution < 1.29 is 26.7 Å². The molecule has 0 saturated carbocycles. The molecule has 2 rings (SSSR count). The Balaban J connectivity index is 2.73. The van der Waals surface area contributed by atoms with Gasteiger partial charge in [-0.15, -0.1) is 0 Å². The molecular formula is C14H7Cl2F5O. The Bertz CT molecular complexity index is 685. The molecule has 118 valence electrons. The highest BCUT2D eigenvalue weighted by Gasteiger charge is 2.38. The van der Waals surface area contributed by atoms with Crippen molar-refractivity contribution in [2.75, 3.05) is 0 Å². The quantitative estimate of drug-likeness (QED) is 0.588. The Morgan fingerprint density at radius 2 is 1.64 bits per heavy atom. The number of rotatable bonds is 3. The molecule has 0 saturated heterocycles. The predicted molar refractivity (Wildman–Crippen MR) is 73.5 cm³/mol. The van der Waals surface area contributed by atoms with Crippen LogP contribution in [0.15, 0.2) is 36.4 Å². The lowest BCUT2D eigenvalue weighted by atomic mass is 9.98. The van der Waals surface area contributed by atoms with E-state index in [-0.39, 0.29) is 15.6 Å². The topological polar surface area (TPSA) is 9.23 Å². The van der Waals surface area contributed by atoms with Crippen molar-refractivity contribution >= 4 is 23.2 Å². The van der Waals surface area contributed by atoms with Crippen molar-refractivity contribution in [3.63, 3.8) is 0 Å². The van der Waals surface area contributed by atoms with Crippen LogP contribution < -0.4 is 4.74 Å². The molecule has 0 atom stereocenters. The average molecular weight is 357 g/mol. The van der Waals surface area contributed by atoms with Gasteiger partial charge in [-0.05, 0) is 29.8 Å². The molecule has 0 unspecified atom stereocenters. The first-order valence-electron chi connectivity index (χ1n) is 5.80. The molecule has 8 heteroatoms. The normalized spacial score (nSPS) is 11.8. The first kappa shape index (κ1) is 16.8. The molecule has 0 fully saturated rings. The lowest BCUT2D eigenvalue weighted by molar-refractivity contribution is -0.141. The third-order valence-electron chi connectivity index (χ3n) is 2.74. The maximum Gasteiger partial charge on any atom is 0.420 e. The number of hydrogen-bond donors (Lipinski definition) is 0. The SMILES string of the molecule is FC(F)Oc1cccc(-c2cc(Cl)ccc2Cl)c1C(F)(F)F. The van der Waals surface area contributed by atoms with Gasteiger partial charge >= 0.3 is 12.8 Å². The minimum absolute atomic E-state index is 0.00379. The molecule has 0 aliphatic carbocycles. The van der Waals surface area contributed by atoms with Crippen molar-refractivity contribution in [2.24, 2.45) is 0 Å². The van der Waals surface area contributed by atoms with Crippen molar-refractivity contribution in [3.05, 3.63) is 52.0 Å². The Hall–Kier alpha value is -1.53. The molecule has 2 aromatic rings. The molecule has 1 nitrogen and oxygen atoms in total. The summed E-state index contributed by atoms with van der Waals surface area (Å²) >= 11 is 11.7. The molecule has 2 aromatic carbocycles. The van der Waals surface area contributed by atoms with Crippen LogP contribution in [0.25, 0.3) is 11.1 Å². The fraction of sp³-hybridized carbons (Fsp3) is 0.143. The molecule has 0 radical (unpaired) electrons. The third-order valence-corrected chi connectivity index (χ3v) is 3.31. The van der Waals surface area contributed by atoms with Crippen LogP contribution in [0.2, 0.25) is 10.0 Å². The van der Waals surface area contributed by atoms with Gasteiger partial charge in [0.15, 0.2) is 0 Å². The summed E-state index contributed by atoms with van der Waals surface area (Å²) in [5.41, 5.74) is -1.75. The van der Waals surface area contributed by atoms with Gasteiger partial charge in [0.1, 0.15) is 11.3 Å². The van der Waals surface area contributed by atoms with E-state index in [2.05, 4.69) is 4.74 Å². The maximum atomic E-state index is 13.3. The number of ether oxygens (including phenoxy) is 1. The number of alkyl halides is 5. The van der Waals surface area contributed by atoms with Crippen LogP contribution in [0.1, 0.15) is 5.56 Å². The first-order chi connectivity index (χ1) is 10.2. The number of hydrogen-bond acceptors (Lipinski definition) is 1. The molecule has 0 aliphatic heterocycles. The van der Waals surface area contributed by atoms with Crippen LogP contribution in [0.4, 0.5) is 22.0 Å². The maximum absolute atomic E-state index is 13.3. The zero-order valence-electron chi connectivity index (χ0n) is 10.6. The van der Waals surface area contributed by atoms with Gasteiger partial charge in [-0.1, -0.05) is 35.3 Å². The van der Waals surface area contributed by atoms with Gasteiger partial charge in [-0.3, -0.25) is 0 Å². The summed E-state index contributed by atoms with van der Waals surface area (Å²) in [5.74, 6) is -0.976. The van der Waals surface area contributed by atoms with Gasteiger partial charge < -0.3 is 4.74 Å². The highest BCUT2D eigenvalue weighted by atomic mass is 35.5. The lowest BCUT2D eigenvalue weighted by Gasteiger charge is -2.18. The second-order valence-corrected chi connectivity index (χ2v) is 5.02. The van der Waals surface area contributed by atoms with E-state index in [1.165, 1.54) is 24.3 Å². The Kier molecular flexibility index (Phi) is 4.82. The summed E-state index contributed by atoms with van der Waals surface area (Å²) in [6.07, 6.45) is -4.91. The molecule has 0 heterocycles. The zero-order chi connectivity index (χ0) is 16.5. The smallest absolute Gasteiger partial charge is 0.420 e. The van der Waals surface area contributed by atoms with Crippen molar-refractivity contribution in [1.82, 2.24) is 0 Å². The Labute approximate surface area is 132 Å². The van der Waals surface area contributed by atoms with E-state index < -0.39 is 29.7 Å². The first-order valence-corrected chi connectivity index (χ1v) is 6.56. The van der Waals surface area contributed by atoms with E-state index in [9.17, 15) is 22.0 Å². The van der Waals surface area contributed by atoms with Gasteiger partial charge in [0, 0.05) is 15.6 Å². The van der Waals surface area contributed by atoms with Crippen LogP contribution in [-0.2, 0) is 6.18 Å². The Morgan fingerprint density at radius 1 is 0.955 bits per heavy atom. The Morgan fingerprint density at radius 3 is 2.23 bits per heavy atom. The van der Waals surface area contributed by atoms with Crippen LogP contribution in [0.5, 0.6) is 5.75 Å². The summed E-state index contributed by atoms with van der Waals surface area (Å²) in [7, 11) is 0. The standard InChI is InChI=1S/C14H7Cl2F5O/c15-7-4-5-10(16)9(6-7)8-2-1-3-11(22-13(17)18)12(8)14(19,20)21/h1-6,13H. The van der Waals surface area contributed by atoms with Gasteiger partial charge in [0.05, 0.1) is 0 Å². The third kappa shape index (κ3) is 3.62. The van der Waals surface area contributed by atoms with Crippen molar-refractivity contribution in [1.29, 1.82) is 0 Å². The predicted octanol–water partition coefficient (Wildman–Crippen LogP) is 6.28. The van der Waals surface area contributed by atoms with Gasteiger partial charge in [0.25, 0.3) is 0 Å². The van der Waals surface area contributed by atoms with Crippen molar-refractivity contribution in [3.8, 4) is 16.9 Å². The van der Waals surface area contributed by atoms with E-state index in [0.717, 1.165) is 12.1 Å². The minimum Gasteiger partial charge on any atom is -0.434 e. The number of halogens is 7. The van der Waals surface area contributed by atoms with E-state index >= 15 is 0 Å². The van der Waals surface area contributed by atoms with E-state index in [1.54, 1.807) is 0 Å². The number of benzene rings is 2. The molecule has 22 heavy (non-hydrogen) atoms.